The minimum Gasteiger partial charge on any atom is -0.335 e. The van der Waals surface area contributed by atoms with Crippen molar-refractivity contribution in [3.05, 3.63) is 16.3 Å². The van der Waals surface area contributed by atoms with Crippen LogP contribution in [0.25, 0.3) is 0 Å². The molecule has 0 spiro atoms. The first-order valence-electron chi connectivity index (χ1n) is 5.71. The quantitative estimate of drug-likeness (QED) is 0.848. The first-order chi connectivity index (χ1) is 8.85. The Labute approximate surface area is 118 Å². The fourth-order valence-electron chi connectivity index (χ4n) is 1.96. The highest BCUT2D eigenvalue weighted by atomic mass is 32.1. The molecule has 1 aromatic rings. The molecule has 0 N–H and O–H groups in total. The molecule has 106 valence electrons. The summed E-state index contributed by atoms with van der Waals surface area (Å²) in [6.07, 6.45) is -4.18. The molecule has 2 rings (SSSR count). The SMILES string of the molecule is O=C(c1cc(S)cs1)N1CCN(CC(F)(F)F)CC1. The lowest BCUT2D eigenvalue weighted by atomic mass is 10.3. The minimum absolute atomic E-state index is 0.128. The molecular weight excluding hydrogens is 297 g/mol. The number of piperazine rings is 1. The second kappa shape index (κ2) is 5.72. The summed E-state index contributed by atoms with van der Waals surface area (Å²) in [6.45, 7) is 0.257. The predicted octanol–water partition coefficient (Wildman–Crippen LogP) is 2.36. The van der Waals surface area contributed by atoms with Crippen molar-refractivity contribution in [2.45, 2.75) is 11.1 Å². The number of halogens is 3. The molecule has 8 heteroatoms. The molecule has 1 fully saturated rings. The Balaban J connectivity index is 1.88. The van der Waals surface area contributed by atoms with Crippen molar-refractivity contribution in [3.8, 4) is 0 Å². The highest BCUT2D eigenvalue weighted by molar-refractivity contribution is 7.80. The summed E-state index contributed by atoms with van der Waals surface area (Å²) < 4.78 is 36.7. The van der Waals surface area contributed by atoms with E-state index < -0.39 is 12.7 Å². The Kier molecular flexibility index (Phi) is 4.42. The van der Waals surface area contributed by atoms with E-state index in [2.05, 4.69) is 12.6 Å². The van der Waals surface area contributed by atoms with Gasteiger partial charge in [0.2, 0.25) is 0 Å². The van der Waals surface area contributed by atoms with Gasteiger partial charge in [-0.2, -0.15) is 13.2 Å². The maximum atomic E-state index is 12.2. The summed E-state index contributed by atoms with van der Waals surface area (Å²) >= 11 is 5.43. The van der Waals surface area contributed by atoms with Crippen LogP contribution in [-0.2, 0) is 0 Å². The first-order valence-corrected chi connectivity index (χ1v) is 7.04. The van der Waals surface area contributed by atoms with Gasteiger partial charge in [-0.25, -0.2) is 0 Å². The molecule has 1 aliphatic rings. The van der Waals surface area contributed by atoms with Gasteiger partial charge in [0.15, 0.2) is 0 Å². The largest absolute Gasteiger partial charge is 0.401 e. The van der Waals surface area contributed by atoms with Crippen LogP contribution in [0.15, 0.2) is 16.3 Å². The number of carbonyl (C=O) groups excluding carboxylic acids is 1. The van der Waals surface area contributed by atoms with E-state index in [1.54, 1.807) is 16.3 Å². The summed E-state index contributed by atoms with van der Waals surface area (Å²) in [5.74, 6) is -0.128. The standard InChI is InChI=1S/C11H13F3N2OS2/c12-11(13,14)7-15-1-3-16(4-2-15)10(17)9-5-8(18)6-19-9/h5-6,18H,1-4,7H2. The highest BCUT2D eigenvalue weighted by Crippen LogP contribution is 2.21. The number of nitrogens with zero attached hydrogens (tertiary/aromatic N) is 2. The van der Waals surface area contributed by atoms with E-state index in [4.69, 9.17) is 0 Å². The smallest absolute Gasteiger partial charge is 0.335 e. The zero-order chi connectivity index (χ0) is 14.0. The third-order valence-corrected chi connectivity index (χ3v) is 4.21. The molecule has 0 aromatic carbocycles. The Morgan fingerprint density at radius 3 is 2.42 bits per heavy atom. The summed E-state index contributed by atoms with van der Waals surface area (Å²) in [7, 11) is 0. The van der Waals surface area contributed by atoms with E-state index in [0.717, 1.165) is 4.90 Å². The number of thiophene rings is 1. The van der Waals surface area contributed by atoms with Crippen molar-refractivity contribution >= 4 is 29.9 Å². The Bertz CT molecular complexity index is 453. The van der Waals surface area contributed by atoms with Crippen molar-refractivity contribution in [2.24, 2.45) is 0 Å². The van der Waals surface area contributed by atoms with Crippen molar-refractivity contribution in [2.75, 3.05) is 32.7 Å². The van der Waals surface area contributed by atoms with Gasteiger partial charge in [0.1, 0.15) is 0 Å². The number of hydrogen-bond acceptors (Lipinski definition) is 4. The zero-order valence-electron chi connectivity index (χ0n) is 9.98. The van der Waals surface area contributed by atoms with Crippen LogP contribution in [0.5, 0.6) is 0 Å². The molecule has 1 aromatic heterocycles. The number of alkyl halides is 3. The molecule has 1 saturated heterocycles. The molecule has 1 amide bonds. The van der Waals surface area contributed by atoms with E-state index >= 15 is 0 Å². The van der Waals surface area contributed by atoms with Gasteiger partial charge in [0.25, 0.3) is 5.91 Å². The molecule has 2 heterocycles. The van der Waals surface area contributed by atoms with E-state index in [1.165, 1.54) is 16.2 Å². The van der Waals surface area contributed by atoms with Crippen LogP contribution < -0.4 is 0 Å². The van der Waals surface area contributed by atoms with Crippen LogP contribution in [0.3, 0.4) is 0 Å². The van der Waals surface area contributed by atoms with Crippen LogP contribution in [-0.4, -0.2) is 54.6 Å². The lowest BCUT2D eigenvalue weighted by Gasteiger charge is -2.34. The maximum absolute atomic E-state index is 12.2. The average Bonchev–Trinajstić information content (AvgIpc) is 2.74. The summed E-state index contributed by atoms with van der Waals surface area (Å²) in [6, 6.07) is 1.68. The van der Waals surface area contributed by atoms with Crippen molar-refractivity contribution < 1.29 is 18.0 Å². The van der Waals surface area contributed by atoms with E-state index in [-0.39, 0.29) is 19.0 Å². The number of thiol groups is 1. The van der Waals surface area contributed by atoms with Gasteiger partial charge in [0, 0.05) is 36.5 Å². The van der Waals surface area contributed by atoms with E-state index in [0.29, 0.717) is 18.0 Å². The molecule has 0 saturated carbocycles. The number of hydrogen-bond donors (Lipinski definition) is 1. The van der Waals surface area contributed by atoms with Gasteiger partial charge in [-0.1, -0.05) is 0 Å². The Morgan fingerprint density at radius 2 is 1.95 bits per heavy atom. The third kappa shape index (κ3) is 4.12. The molecule has 0 bridgehead atoms. The highest BCUT2D eigenvalue weighted by Gasteiger charge is 2.33. The Hall–Kier alpha value is -0.730. The van der Waals surface area contributed by atoms with Crippen molar-refractivity contribution in [1.82, 2.24) is 9.80 Å². The van der Waals surface area contributed by atoms with E-state index in [9.17, 15) is 18.0 Å². The minimum atomic E-state index is -4.18. The summed E-state index contributed by atoms with van der Waals surface area (Å²) in [5, 5.41) is 1.76. The number of amides is 1. The second-order valence-corrected chi connectivity index (χ2v) is 5.78. The lowest BCUT2D eigenvalue weighted by molar-refractivity contribution is -0.148. The molecular formula is C11H13F3N2OS2. The fraction of sp³-hybridized carbons (Fsp3) is 0.545. The molecule has 0 atom stereocenters. The fourth-order valence-corrected chi connectivity index (χ4v) is 3.07. The Morgan fingerprint density at radius 1 is 1.32 bits per heavy atom. The number of carbonyl (C=O) groups is 1. The van der Waals surface area contributed by atoms with Crippen LogP contribution in [0.4, 0.5) is 13.2 Å². The van der Waals surface area contributed by atoms with Crippen LogP contribution >= 0.6 is 24.0 Å². The summed E-state index contributed by atoms with van der Waals surface area (Å²) in [5.41, 5.74) is 0. The zero-order valence-corrected chi connectivity index (χ0v) is 11.7. The van der Waals surface area contributed by atoms with Gasteiger partial charge in [-0.05, 0) is 6.07 Å². The molecule has 19 heavy (non-hydrogen) atoms. The van der Waals surface area contributed by atoms with Gasteiger partial charge in [-0.3, -0.25) is 9.69 Å². The second-order valence-electron chi connectivity index (χ2n) is 4.35. The number of rotatable bonds is 2. The monoisotopic (exact) mass is 310 g/mol. The van der Waals surface area contributed by atoms with Gasteiger partial charge in [0.05, 0.1) is 11.4 Å². The van der Waals surface area contributed by atoms with Gasteiger partial charge in [-0.15, -0.1) is 24.0 Å². The molecule has 1 aliphatic heterocycles. The van der Waals surface area contributed by atoms with Crippen molar-refractivity contribution in [3.63, 3.8) is 0 Å². The van der Waals surface area contributed by atoms with Crippen LogP contribution in [0.1, 0.15) is 9.67 Å². The topological polar surface area (TPSA) is 23.6 Å². The molecule has 0 aliphatic carbocycles. The van der Waals surface area contributed by atoms with Gasteiger partial charge >= 0.3 is 6.18 Å². The third-order valence-electron chi connectivity index (χ3n) is 2.86. The van der Waals surface area contributed by atoms with E-state index in [1.807, 2.05) is 0 Å². The van der Waals surface area contributed by atoms with Crippen LogP contribution in [0.2, 0.25) is 0 Å². The van der Waals surface area contributed by atoms with Crippen molar-refractivity contribution in [1.29, 1.82) is 0 Å². The molecule has 0 radical (unpaired) electrons. The normalized spacial score (nSPS) is 17.8. The van der Waals surface area contributed by atoms with Crippen LogP contribution in [0, 0.1) is 0 Å². The molecule has 3 nitrogen and oxygen atoms in total. The molecule has 0 unspecified atom stereocenters. The first kappa shape index (κ1) is 14.7. The lowest BCUT2D eigenvalue weighted by Crippen LogP contribution is -2.50. The predicted molar refractivity (Wildman–Crippen MR) is 70.0 cm³/mol. The average molecular weight is 310 g/mol. The maximum Gasteiger partial charge on any atom is 0.401 e. The van der Waals surface area contributed by atoms with Gasteiger partial charge < -0.3 is 4.90 Å². The summed E-state index contributed by atoms with van der Waals surface area (Å²) in [4.78, 5) is 16.3.